The van der Waals surface area contributed by atoms with Gasteiger partial charge >= 0.3 is 6.18 Å². The molecule has 1 aliphatic carbocycles. The number of halogens is 4. The number of hydrogen-bond donors (Lipinski definition) is 0. The van der Waals surface area contributed by atoms with Crippen LogP contribution in [0.1, 0.15) is 31.2 Å². The van der Waals surface area contributed by atoms with Crippen molar-refractivity contribution >= 4 is 10.9 Å². The third kappa shape index (κ3) is 3.77. The molecule has 2 aliphatic rings. The number of hydrogen-bond acceptors (Lipinski definition) is 3. The van der Waals surface area contributed by atoms with Crippen LogP contribution >= 0.6 is 0 Å². The van der Waals surface area contributed by atoms with Crippen LogP contribution in [0.3, 0.4) is 0 Å². The van der Waals surface area contributed by atoms with Crippen molar-refractivity contribution < 1.29 is 22.3 Å². The second-order valence-corrected chi connectivity index (χ2v) is 7.20. The number of alkyl halides is 3. The first-order chi connectivity index (χ1) is 12.4. The summed E-state index contributed by atoms with van der Waals surface area (Å²) in [6.07, 6.45) is -0.523. The van der Waals surface area contributed by atoms with E-state index in [4.69, 9.17) is 4.74 Å². The van der Waals surface area contributed by atoms with Crippen LogP contribution < -0.4 is 4.74 Å². The number of likely N-dealkylation sites (tertiary alicyclic amines) is 1. The Morgan fingerprint density at radius 3 is 2.50 bits per heavy atom. The molecule has 0 N–H and O–H groups in total. The van der Waals surface area contributed by atoms with E-state index in [1.807, 2.05) is 0 Å². The number of benzene rings is 1. The first kappa shape index (κ1) is 17.5. The third-order valence-electron chi connectivity index (χ3n) is 5.12. The molecule has 0 bridgehead atoms. The van der Waals surface area contributed by atoms with E-state index in [-0.39, 0.29) is 17.2 Å². The SMILES string of the molecule is Fc1cc(OC2CCN(CC3CC3)CC2)c2cccc(C(F)(F)F)c2n1. The summed E-state index contributed by atoms with van der Waals surface area (Å²) in [5.74, 6) is 0.00103. The van der Waals surface area contributed by atoms with Crippen LogP contribution in [0.4, 0.5) is 17.6 Å². The van der Waals surface area contributed by atoms with Gasteiger partial charge < -0.3 is 9.64 Å². The van der Waals surface area contributed by atoms with Crippen LogP contribution in [0.15, 0.2) is 24.3 Å². The molecule has 2 fully saturated rings. The van der Waals surface area contributed by atoms with E-state index in [2.05, 4.69) is 9.88 Å². The Kier molecular flexibility index (Phi) is 4.50. The molecule has 0 unspecified atom stereocenters. The monoisotopic (exact) mass is 368 g/mol. The first-order valence-corrected chi connectivity index (χ1v) is 8.95. The summed E-state index contributed by atoms with van der Waals surface area (Å²) >= 11 is 0. The molecule has 2 heterocycles. The van der Waals surface area contributed by atoms with Gasteiger partial charge in [0.2, 0.25) is 5.95 Å². The summed E-state index contributed by atoms with van der Waals surface area (Å²) in [4.78, 5) is 5.88. The van der Waals surface area contributed by atoms with Gasteiger partial charge in [0, 0.05) is 31.1 Å². The molecular weight excluding hydrogens is 348 g/mol. The molecule has 0 radical (unpaired) electrons. The fourth-order valence-electron chi connectivity index (χ4n) is 3.57. The Bertz CT molecular complexity index is 796. The predicted molar refractivity (Wildman–Crippen MR) is 89.5 cm³/mol. The van der Waals surface area contributed by atoms with E-state index < -0.39 is 23.2 Å². The predicted octanol–water partition coefficient (Wildman–Crippen LogP) is 4.65. The van der Waals surface area contributed by atoms with Crippen LogP contribution in [-0.4, -0.2) is 35.6 Å². The highest BCUT2D eigenvalue weighted by Gasteiger charge is 2.34. The van der Waals surface area contributed by atoms with Gasteiger partial charge in [-0.3, -0.25) is 0 Å². The van der Waals surface area contributed by atoms with E-state index in [9.17, 15) is 17.6 Å². The van der Waals surface area contributed by atoms with Gasteiger partial charge in [0.05, 0.1) is 11.1 Å². The molecule has 0 spiro atoms. The highest BCUT2D eigenvalue weighted by Crippen LogP contribution is 2.37. The minimum Gasteiger partial charge on any atom is -0.489 e. The van der Waals surface area contributed by atoms with E-state index in [1.54, 1.807) is 0 Å². The number of aromatic nitrogens is 1. The molecule has 1 aromatic carbocycles. The lowest BCUT2D eigenvalue weighted by Gasteiger charge is -2.32. The lowest BCUT2D eigenvalue weighted by Crippen LogP contribution is -2.39. The van der Waals surface area contributed by atoms with Gasteiger partial charge in [0.15, 0.2) is 0 Å². The fourth-order valence-corrected chi connectivity index (χ4v) is 3.57. The maximum atomic E-state index is 13.9. The summed E-state index contributed by atoms with van der Waals surface area (Å²) in [6, 6.07) is 4.79. The molecular formula is C19H20F4N2O. The molecule has 1 aliphatic heterocycles. The Morgan fingerprint density at radius 2 is 1.85 bits per heavy atom. The van der Waals surface area contributed by atoms with Crippen molar-refractivity contribution in [2.24, 2.45) is 5.92 Å². The zero-order chi connectivity index (χ0) is 18.3. The van der Waals surface area contributed by atoms with Crippen LogP contribution in [-0.2, 0) is 6.18 Å². The lowest BCUT2D eigenvalue weighted by molar-refractivity contribution is -0.136. The van der Waals surface area contributed by atoms with Gasteiger partial charge in [-0.2, -0.15) is 17.6 Å². The molecule has 3 nitrogen and oxygen atoms in total. The largest absolute Gasteiger partial charge is 0.489 e. The fraction of sp³-hybridized carbons (Fsp3) is 0.526. The van der Waals surface area contributed by atoms with Crippen LogP contribution in [0.25, 0.3) is 10.9 Å². The summed E-state index contributed by atoms with van der Waals surface area (Å²) in [6.45, 7) is 2.93. The highest BCUT2D eigenvalue weighted by molar-refractivity contribution is 5.87. The second kappa shape index (κ2) is 6.68. The number of piperidine rings is 1. The van der Waals surface area contributed by atoms with Crippen molar-refractivity contribution in [2.45, 2.75) is 38.0 Å². The van der Waals surface area contributed by atoms with E-state index in [0.717, 1.165) is 50.5 Å². The standard InChI is InChI=1S/C19H20F4N2O/c20-17-10-16(14-2-1-3-15(18(14)24-17)19(21,22)23)26-13-6-8-25(9-7-13)11-12-4-5-12/h1-3,10,12-13H,4-9,11H2. The van der Waals surface area contributed by atoms with E-state index >= 15 is 0 Å². The lowest BCUT2D eigenvalue weighted by atomic mass is 10.1. The Morgan fingerprint density at radius 1 is 1.12 bits per heavy atom. The number of nitrogens with zero attached hydrogens (tertiary/aromatic N) is 2. The maximum Gasteiger partial charge on any atom is 0.418 e. The van der Waals surface area contributed by atoms with Crippen LogP contribution in [0.2, 0.25) is 0 Å². The number of rotatable bonds is 4. The molecule has 1 saturated carbocycles. The molecule has 0 atom stereocenters. The van der Waals surface area contributed by atoms with Crippen molar-refractivity contribution in [3.05, 3.63) is 35.8 Å². The van der Waals surface area contributed by atoms with Crippen molar-refractivity contribution in [1.29, 1.82) is 0 Å². The third-order valence-corrected chi connectivity index (χ3v) is 5.12. The molecule has 4 rings (SSSR count). The van der Waals surface area contributed by atoms with Gasteiger partial charge in [-0.1, -0.05) is 6.07 Å². The van der Waals surface area contributed by atoms with Crippen LogP contribution in [0.5, 0.6) is 5.75 Å². The topological polar surface area (TPSA) is 25.4 Å². The molecule has 7 heteroatoms. The quantitative estimate of drug-likeness (QED) is 0.580. The molecule has 2 aromatic rings. The smallest absolute Gasteiger partial charge is 0.418 e. The second-order valence-electron chi connectivity index (χ2n) is 7.20. The summed E-state index contributed by atoms with van der Waals surface area (Å²) in [5, 5.41) is 0.196. The molecule has 0 amide bonds. The van der Waals surface area contributed by atoms with E-state index in [0.29, 0.717) is 0 Å². The van der Waals surface area contributed by atoms with Gasteiger partial charge in [-0.25, -0.2) is 4.98 Å². The van der Waals surface area contributed by atoms with Crippen molar-refractivity contribution in [3.8, 4) is 5.75 Å². The zero-order valence-electron chi connectivity index (χ0n) is 14.2. The van der Waals surface area contributed by atoms with Crippen LogP contribution in [0, 0.1) is 11.9 Å². The zero-order valence-corrected chi connectivity index (χ0v) is 14.2. The number of pyridine rings is 1. The van der Waals surface area contributed by atoms with Gasteiger partial charge in [0.25, 0.3) is 0 Å². The van der Waals surface area contributed by atoms with Gasteiger partial charge in [-0.15, -0.1) is 0 Å². The molecule has 26 heavy (non-hydrogen) atoms. The Hall–Kier alpha value is -1.89. The number of ether oxygens (including phenoxy) is 1. The minimum atomic E-state index is -4.59. The summed E-state index contributed by atoms with van der Waals surface area (Å²) < 4.78 is 59.3. The van der Waals surface area contributed by atoms with Crippen molar-refractivity contribution in [2.75, 3.05) is 19.6 Å². The first-order valence-electron chi connectivity index (χ1n) is 8.95. The molecule has 1 aromatic heterocycles. The number of para-hydroxylation sites is 1. The van der Waals surface area contributed by atoms with Crippen molar-refractivity contribution in [1.82, 2.24) is 9.88 Å². The molecule has 1 saturated heterocycles. The number of fused-ring (bicyclic) bond motifs is 1. The minimum absolute atomic E-state index is 0.120. The summed E-state index contributed by atoms with van der Waals surface area (Å²) in [5.41, 5.74) is -1.35. The van der Waals surface area contributed by atoms with Gasteiger partial charge in [0.1, 0.15) is 11.9 Å². The van der Waals surface area contributed by atoms with Gasteiger partial charge in [-0.05, 0) is 43.7 Å². The highest BCUT2D eigenvalue weighted by atomic mass is 19.4. The molecule has 140 valence electrons. The average Bonchev–Trinajstić information content (AvgIpc) is 3.39. The van der Waals surface area contributed by atoms with E-state index in [1.165, 1.54) is 25.0 Å². The Labute approximate surface area is 149 Å². The summed E-state index contributed by atoms with van der Waals surface area (Å²) in [7, 11) is 0. The Balaban J connectivity index is 1.55. The normalized spacial score (nSPS) is 19.8. The maximum absolute atomic E-state index is 13.9. The van der Waals surface area contributed by atoms with Crippen molar-refractivity contribution in [3.63, 3.8) is 0 Å². The average molecular weight is 368 g/mol.